The van der Waals surface area contributed by atoms with Gasteiger partial charge in [0.25, 0.3) is 0 Å². The van der Waals surface area contributed by atoms with Gasteiger partial charge in [-0.25, -0.2) is 9.59 Å². The van der Waals surface area contributed by atoms with E-state index < -0.39 is 30.1 Å². The topological polar surface area (TPSA) is 87.1 Å². The molecular formula is C19H19NO5. The molecular weight excluding hydrogens is 322 g/mol. The summed E-state index contributed by atoms with van der Waals surface area (Å²) in [5.41, 5.74) is 1.49. The Hall–Kier alpha value is -2.86. The minimum atomic E-state index is -1.17. The first-order chi connectivity index (χ1) is 12.1. The van der Waals surface area contributed by atoms with Gasteiger partial charge in [-0.1, -0.05) is 60.7 Å². The van der Waals surface area contributed by atoms with Crippen molar-refractivity contribution in [3.05, 3.63) is 71.8 Å². The van der Waals surface area contributed by atoms with E-state index in [1.807, 2.05) is 36.4 Å². The van der Waals surface area contributed by atoms with Gasteiger partial charge in [0.1, 0.15) is 12.6 Å². The molecule has 0 spiro atoms. The number of hydrogen-bond donors (Lipinski definition) is 2. The largest absolute Gasteiger partial charge is 0.480 e. The summed E-state index contributed by atoms with van der Waals surface area (Å²) in [7, 11) is 0. The van der Waals surface area contributed by atoms with Crippen LogP contribution >= 0.6 is 0 Å². The van der Waals surface area contributed by atoms with Crippen molar-refractivity contribution >= 4 is 12.1 Å². The zero-order valence-corrected chi connectivity index (χ0v) is 13.5. The van der Waals surface area contributed by atoms with E-state index in [1.165, 1.54) is 0 Å². The number of hydrogen-bond acceptors (Lipinski definition) is 4. The number of likely N-dealkylation sites (tertiary alicyclic amines) is 1. The summed E-state index contributed by atoms with van der Waals surface area (Å²) in [6.07, 6.45) is -1.71. The molecule has 0 bridgehead atoms. The quantitative estimate of drug-likeness (QED) is 0.890. The second-order valence-corrected chi connectivity index (χ2v) is 5.98. The Bertz CT molecular complexity index is 734. The molecule has 1 heterocycles. The fraction of sp³-hybridized carbons (Fsp3) is 0.263. The van der Waals surface area contributed by atoms with Gasteiger partial charge in [0, 0.05) is 5.92 Å². The predicted octanol–water partition coefficient (Wildman–Crippen LogP) is 2.24. The van der Waals surface area contributed by atoms with E-state index in [2.05, 4.69) is 0 Å². The molecule has 1 aliphatic heterocycles. The number of amides is 1. The van der Waals surface area contributed by atoms with Gasteiger partial charge in [-0.05, 0) is 11.1 Å². The lowest BCUT2D eigenvalue weighted by molar-refractivity contribution is -0.142. The summed E-state index contributed by atoms with van der Waals surface area (Å²) < 4.78 is 5.24. The number of aliphatic hydroxyl groups excluding tert-OH is 1. The van der Waals surface area contributed by atoms with Crippen molar-refractivity contribution in [1.29, 1.82) is 0 Å². The first kappa shape index (κ1) is 17.0. The van der Waals surface area contributed by atoms with Crippen LogP contribution < -0.4 is 0 Å². The lowest BCUT2D eigenvalue weighted by Gasteiger charge is -2.24. The predicted molar refractivity (Wildman–Crippen MR) is 89.9 cm³/mol. The monoisotopic (exact) mass is 341 g/mol. The molecule has 1 aliphatic rings. The number of β-amino-alcohol motifs (C(OH)–C–C–N with tert-alkyl or cyclic N) is 1. The average molecular weight is 341 g/mol. The molecule has 3 rings (SSSR count). The van der Waals surface area contributed by atoms with Crippen molar-refractivity contribution in [2.45, 2.75) is 24.7 Å². The van der Waals surface area contributed by atoms with Crippen molar-refractivity contribution in [1.82, 2.24) is 4.90 Å². The van der Waals surface area contributed by atoms with Gasteiger partial charge in [0.2, 0.25) is 0 Å². The number of rotatable bonds is 4. The van der Waals surface area contributed by atoms with Crippen LogP contribution in [0.1, 0.15) is 17.0 Å². The van der Waals surface area contributed by atoms with E-state index in [0.29, 0.717) is 5.56 Å². The maximum absolute atomic E-state index is 12.4. The number of nitrogens with zero attached hydrogens (tertiary/aromatic N) is 1. The molecule has 1 amide bonds. The highest BCUT2D eigenvalue weighted by molar-refractivity contribution is 5.82. The summed E-state index contributed by atoms with van der Waals surface area (Å²) in [5, 5.41) is 20.0. The van der Waals surface area contributed by atoms with Crippen molar-refractivity contribution < 1.29 is 24.5 Å². The molecule has 0 aromatic heterocycles. The molecule has 1 fully saturated rings. The summed E-state index contributed by atoms with van der Waals surface area (Å²) in [6, 6.07) is 16.8. The molecule has 2 N–H and O–H groups in total. The molecule has 2 aromatic carbocycles. The van der Waals surface area contributed by atoms with Gasteiger partial charge in [-0.3, -0.25) is 4.90 Å². The zero-order valence-electron chi connectivity index (χ0n) is 13.5. The Kier molecular flexibility index (Phi) is 5.00. The number of aliphatic hydroxyl groups is 1. The van der Waals surface area contributed by atoms with Crippen molar-refractivity contribution in [3.63, 3.8) is 0 Å². The van der Waals surface area contributed by atoms with Crippen molar-refractivity contribution in [3.8, 4) is 0 Å². The SMILES string of the molecule is O=C(O)[C@@H]1C(c2ccccc2)C(O)CN1C(=O)OCc1ccccc1. The molecule has 2 aromatic rings. The van der Waals surface area contributed by atoms with Gasteiger partial charge in [-0.15, -0.1) is 0 Å². The third-order valence-electron chi connectivity index (χ3n) is 4.35. The van der Waals surface area contributed by atoms with E-state index in [0.717, 1.165) is 10.5 Å². The molecule has 3 atom stereocenters. The lowest BCUT2D eigenvalue weighted by atomic mass is 9.90. The highest BCUT2D eigenvalue weighted by Gasteiger charge is 2.48. The first-order valence-corrected chi connectivity index (χ1v) is 8.01. The molecule has 6 nitrogen and oxygen atoms in total. The molecule has 0 radical (unpaired) electrons. The first-order valence-electron chi connectivity index (χ1n) is 8.01. The van der Waals surface area contributed by atoms with E-state index in [1.54, 1.807) is 24.3 Å². The Balaban J connectivity index is 1.76. The van der Waals surface area contributed by atoms with Crippen molar-refractivity contribution in [2.75, 3.05) is 6.54 Å². The number of ether oxygens (including phenoxy) is 1. The highest BCUT2D eigenvalue weighted by Crippen LogP contribution is 2.34. The number of carboxylic acid groups (broad SMARTS) is 1. The Morgan fingerprint density at radius 3 is 2.24 bits per heavy atom. The standard InChI is InChI=1S/C19H19NO5/c21-15-11-20(19(24)25-12-13-7-3-1-4-8-13)17(18(22)23)16(15)14-9-5-2-6-10-14/h1-10,15-17,21H,11-12H2,(H,22,23)/t15?,16?,17-/m0/s1. The van der Waals surface area contributed by atoms with E-state index in [4.69, 9.17) is 4.74 Å². The van der Waals surface area contributed by atoms with Gasteiger partial charge < -0.3 is 14.9 Å². The van der Waals surface area contributed by atoms with Crippen LogP contribution in [0.4, 0.5) is 4.79 Å². The second kappa shape index (κ2) is 7.36. The van der Waals surface area contributed by atoms with Gasteiger partial charge in [0.05, 0.1) is 12.6 Å². The maximum Gasteiger partial charge on any atom is 0.410 e. The molecule has 6 heteroatoms. The second-order valence-electron chi connectivity index (χ2n) is 5.98. The van der Waals surface area contributed by atoms with Crippen LogP contribution in [0.5, 0.6) is 0 Å². The zero-order chi connectivity index (χ0) is 17.8. The van der Waals surface area contributed by atoms with Crippen LogP contribution in [0.25, 0.3) is 0 Å². The Labute approximate surface area is 145 Å². The van der Waals surface area contributed by atoms with Crippen LogP contribution in [0.3, 0.4) is 0 Å². The van der Waals surface area contributed by atoms with Crippen LogP contribution in [-0.4, -0.2) is 45.9 Å². The van der Waals surface area contributed by atoms with E-state index in [9.17, 15) is 19.8 Å². The third kappa shape index (κ3) is 3.64. The van der Waals surface area contributed by atoms with Crippen LogP contribution in [0.2, 0.25) is 0 Å². The maximum atomic E-state index is 12.4. The van der Waals surface area contributed by atoms with E-state index >= 15 is 0 Å². The highest BCUT2D eigenvalue weighted by atomic mass is 16.6. The van der Waals surface area contributed by atoms with Crippen LogP contribution in [0, 0.1) is 0 Å². The van der Waals surface area contributed by atoms with Gasteiger partial charge in [0.15, 0.2) is 0 Å². The minimum absolute atomic E-state index is 0.0502. The molecule has 0 aliphatic carbocycles. The summed E-state index contributed by atoms with van der Waals surface area (Å²) in [5.74, 6) is -1.86. The minimum Gasteiger partial charge on any atom is -0.480 e. The number of carboxylic acids is 1. The molecule has 1 saturated heterocycles. The lowest BCUT2D eigenvalue weighted by Crippen LogP contribution is -2.42. The number of carbonyl (C=O) groups excluding carboxylic acids is 1. The molecule has 25 heavy (non-hydrogen) atoms. The Morgan fingerprint density at radius 1 is 1.04 bits per heavy atom. The fourth-order valence-corrected chi connectivity index (χ4v) is 3.19. The number of aliphatic carboxylic acids is 1. The number of benzene rings is 2. The van der Waals surface area contributed by atoms with Gasteiger partial charge >= 0.3 is 12.1 Å². The summed E-state index contributed by atoms with van der Waals surface area (Å²) in [4.78, 5) is 25.2. The average Bonchev–Trinajstić information content (AvgIpc) is 2.99. The Morgan fingerprint density at radius 2 is 1.64 bits per heavy atom. The summed E-state index contributed by atoms with van der Waals surface area (Å²) >= 11 is 0. The number of carbonyl (C=O) groups is 2. The van der Waals surface area contributed by atoms with Gasteiger partial charge in [-0.2, -0.15) is 0 Å². The van der Waals surface area contributed by atoms with Crippen molar-refractivity contribution in [2.24, 2.45) is 0 Å². The van der Waals surface area contributed by atoms with Crippen LogP contribution in [-0.2, 0) is 16.1 Å². The smallest absolute Gasteiger partial charge is 0.410 e. The molecule has 2 unspecified atom stereocenters. The third-order valence-corrected chi connectivity index (χ3v) is 4.35. The molecule has 130 valence electrons. The summed E-state index contributed by atoms with van der Waals surface area (Å²) in [6.45, 7) is -0.0290. The normalized spacial score (nSPS) is 22.6. The fourth-order valence-electron chi connectivity index (χ4n) is 3.19. The van der Waals surface area contributed by atoms with E-state index in [-0.39, 0.29) is 13.2 Å². The van der Waals surface area contributed by atoms with Crippen LogP contribution in [0.15, 0.2) is 60.7 Å². The molecule has 0 saturated carbocycles.